The number of fused-ring (bicyclic) bond motifs is 12. The molecule has 0 spiro atoms. The number of nitrogens with two attached hydrogens (primary N) is 1. The van der Waals surface area contributed by atoms with Gasteiger partial charge in [-0.1, -0.05) is 61.4 Å². The van der Waals surface area contributed by atoms with Gasteiger partial charge in [0.15, 0.2) is 11.2 Å². The molecule has 21 N–H and O–H groups in total. The predicted octanol–water partition coefficient (Wildman–Crippen LogP) is 0.577. The number of hydrogen-bond acceptors (Lipinski definition) is 25. The summed E-state index contributed by atoms with van der Waals surface area (Å²) in [7, 11) is 0. The molecule has 0 aliphatic carbocycles. The summed E-state index contributed by atoms with van der Waals surface area (Å²) >= 11 is 0. The summed E-state index contributed by atoms with van der Waals surface area (Å²) in [5, 5.41) is 86.9. The number of phenols is 4. The van der Waals surface area contributed by atoms with Crippen LogP contribution in [0.5, 0.6) is 28.9 Å². The number of carbonyl (C=O) groups is 10. The second kappa shape index (κ2) is 46.2. The molecule has 2 aliphatic rings. The van der Waals surface area contributed by atoms with E-state index in [-0.39, 0.29) is 166 Å². The highest BCUT2D eigenvalue weighted by Gasteiger charge is 2.26. The second-order valence-corrected chi connectivity index (χ2v) is 27.5. The number of anilines is 1. The van der Waals surface area contributed by atoms with Gasteiger partial charge in [-0.3, -0.25) is 57.7 Å². The molecule has 0 saturated carbocycles. The normalized spacial score (nSPS) is 18.0. The van der Waals surface area contributed by atoms with E-state index in [1.54, 1.807) is 0 Å². The molecule has 7 aromatic rings. The third-order valence-electron chi connectivity index (χ3n) is 19.1. The van der Waals surface area contributed by atoms with Crippen molar-refractivity contribution in [2.45, 2.75) is 77.0 Å². The third-order valence-corrected chi connectivity index (χ3v) is 19.1. The van der Waals surface area contributed by atoms with Crippen LogP contribution in [0.25, 0.3) is 11.2 Å². The van der Waals surface area contributed by atoms with Crippen LogP contribution in [0.2, 0.25) is 0 Å². The number of unbranched alkanes of at least 4 members (excludes halogenated alkanes) is 4. The lowest BCUT2D eigenvalue weighted by atomic mass is 10.1. The molecule has 115 heavy (non-hydrogen) atoms. The van der Waals surface area contributed by atoms with Crippen LogP contribution in [0.1, 0.15) is 152 Å². The maximum absolute atomic E-state index is 14.2. The van der Waals surface area contributed by atoms with Crippen molar-refractivity contribution in [2.75, 3.05) is 150 Å². The molecule has 0 saturated heterocycles. The van der Waals surface area contributed by atoms with Gasteiger partial charge in [-0.2, -0.15) is 9.97 Å². The second-order valence-electron chi connectivity index (χ2n) is 27.5. The maximum Gasteiger partial charge on any atom is 0.255 e. The van der Waals surface area contributed by atoms with Crippen LogP contribution in [0.4, 0.5) is 5.95 Å². The van der Waals surface area contributed by atoms with Crippen LogP contribution in [0.15, 0.2) is 103 Å². The number of carbonyl (C=O) groups excluding carboxylic acids is 10. The summed E-state index contributed by atoms with van der Waals surface area (Å²) in [5.41, 5.74) is 7.37. The van der Waals surface area contributed by atoms with E-state index in [0.29, 0.717) is 115 Å². The van der Waals surface area contributed by atoms with Crippen molar-refractivity contribution in [3.8, 4) is 28.9 Å². The van der Waals surface area contributed by atoms with E-state index in [9.17, 15) is 68.4 Å². The molecule has 5 aromatic carbocycles. The van der Waals surface area contributed by atoms with Gasteiger partial charge in [0.1, 0.15) is 29.6 Å². The minimum atomic E-state index is -0.708. The average Bonchev–Trinajstić information content (AvgIpc) is 1.69. The maximum atomic E-state index is 14.2. The Morgan fingerprint density at radius 3 is 1.23 bits per heavy atom. The van der Waals surface area contributed by atoms with Gasteiger partial charge in [-0.25, -0.2) is 4.98 Å². The summed E-state index contributed by atoms with van der Waals surface area (Å²) in [6, 6.07) is 24.1. The molecule has 616 valence electrons. The SMILES string of the molecule is Nc1nc(OCc2ccc(CNC(=O)CCCCCCC(=O)NCCCCC3CNCCNCCNC(=O)c4cccc(c4O)C(=O)NCCN4CCNC(=O)c5cccc(c5O)C(=O)NCCNCCNCCNC(=O)c5cccc(c5O)C(=O)NCCN(CCNC(=O)c5cccc(c5O)C(=O)N3)CC4)cc2)c2nc[nH]c2n1. The minimum absolute atomic E-state index is 0.0143. The first-order chi connectivity index (χ1) is 55.8. The topological polar surface area (TPSA) is 516 Å². The number of aromatic hydroxyl groups is 4. The third kappa shape index (κ3) is 27.6. The Bertz CT molecular complexity index is 4450. The van der Waals surface area contributed by atoms with Crippen LogP contribution in [0, 0.1) is 0 Å². The van der Waals surface area contributed by atoms with E-state index >= 15 is 0 Å². The Balaban J connectivity index is 0.806. The van der Waals surface area contributed by atoms with Gasteiger partial charge in [0.2, 0.25) is 23.6 Å². The summed E-state index contributed by atoms with van der Waals surface area (Å²) < 4.78 is 5.86. The average molecular weight is 1590 g/mol. The number of H-pyrrole nitrogens is 1. The number of nitrogens with zero attached hydrogens (tertiary/aromatic N) is 5. The van der Waals surface area contributed by atoms with Crippen molar-refractivity contribution in [3.63, 3.8) is 0 Å². The zero-order chi connectivity index (χ0) is 81.7. The number of ether oxygens (including phenoxy) is 1. The molecule has 36 heteroatoms. The zero-order valence-electron chi connectivity index (χ0n) is 64.3. The standard InChI is InChI=1S/C79H105N21O15/c80-79-97-69-64(94-50-95-69)78(98-79)115-49-52-24-22-51(23-25-52)47-93-63(102)21-4-2-1-3-20-62(101)85-26-6-5-11-53-48-84-30-29-83-33-36-88-72(109)56-14-9-17-59(67(56)105)75(112)90-38-42-99-41-37-89-73(110)57-15-7-12-54(65(57)103)70(107)86-34-31-81-27-28-82-32-35-87-71(108)55-13-8-16-58(66(55)104)74(111)91-39-43-100(46-45-99)44-40-92-76(113)60-18-10-19-61(68(60)106)77(114)96-53/h7-10,12-19,22-25,50,53,81-84,103-106H,1-6,11,20-21,26-49H2,(H,85,101)(H,86,107)(H,87,108)(H,88,109)(H,89,110)(H,90,112)(H,91,111)(H,92,113)(H,93,102)(H,96,114)(H3,80,94,95,97,98). The van der Waals surface area contributed by atoms with E-state index < -0.39 is 76.3 Å². The van der Waals surface area contributed by atoms with Crippen molar-refractivity contribution in [1.82, 2.24) is 104 Å². The van der Waals surface area contributed by atoms with Crippen LogP contribution < -0.4 is 84.9 Å². The van der Waals surface area contributed by atoms with Crippen LogP contribution in [0.3, 0.4) is 0 Å². The fourth-order valence-corrected chi connectivity index (χ4v) is 12.7. The van der Waals surface area contributed by atoms with Gasteiger partial charge < -0.3 is 110 Å². The van der Waals surface area contributed by atoms with E-state index in [2.05, 4.69) is 94.4 Å². The summed E-state index contributed by atoms with van der Waals surface area (Å²) in [6.07, 6.45) is 6.66. The molecule has 10 bridgehead atoms. The fourth-order valence-electron chi connectivity index (χ4n) is 12.7. The highest BCUT2D eigenvalue weighted by molar-refractivity contribution is 6.07. The van der Waals surface area contributed by atoms with E-state index in [1.165, 1.54) is 79.1 Å². The van der Waals surface area contributed by atoms with Crippen LogP contribution in [-0.2, 0) is 22.7 Å². The fraction of sp³-hybridized carbons (Fsp3) is 0.430. The summed E-state index contributed by atoms with van der Waals surface area (Å²) in [4.78, 5) is 154. The van der Waals surface area contributed by atoms with Gasteiger partial charge in [-0.05, 0) is 91.8 Å². The molecule has 10 amide bonds. The molecular formula is C79H105N21O15. The lowest BCUT2D eigenvalue weighted by Crippen LogP contribution is -2.46. The number of amides is 10. The Hall–Kier alpha value is -12.1. The Kier molecular flexibility index (Phi) is 34.9. The highest BCUT2D eigenvalue weighted by Crippen LogP contribution is 2.27. The number of imidazole rings is 1. The van der Waals surface area contributed by atoms with Gasteiger partial charge in [-0.15, -0.1) is 0 Å². The summed E-state index contributed by atoms with van der Waals surface area (Å²) in [5.74, 6) is -7.25. The van der Waals surface area contributed by atoms with Crippen molar-refractivity contribution >= 4 is 76.2 Å². The van der Waals surface area contributed by atoms with Gasteiger partial charge in [0, 0.05) is 169 Å². The van der Waals surface area contributed by atoms with Crippen LogP contribution >= 0.6 is 0 Å². The lowest BCUT2D eigenvalue weighted by Gasteiger charge is -2.28. The number of nitrogen functional groups attached to an aromatic ring is 1. The number of aromatic nitrogens is 4. The smallest absolute Gasteiger partial charge is 0.255 e. The molecule has 3 unspecified atom stereocenters. The molecule has 2 aliphatic heterocycles. The van der Waals surface area contributed by atoms with E-state index in [1.807, 2.05) is 34.1 Å². The van der Waals surface area contributed by atoms with Crippen molar-refractivity contribution in [2.24, 2.45) is 0 Å². The van der Waals surface area contributed by atoms with Gasteiger partial charge in [0.05, 0.1) is 50.8 Å². The Labute approximate surface area is 665 Å². The van der Waals surface area contributed by atoms with Gasteiger partial charge >= 0.3 is 0 Å². The van der Waals surface area contributed by atoms with Crippen molar-refractivity contribution < 1.29 is 73.1 Å². The summed E-state index contributed by atoms with van der Waals surface area (Å²) in [6.45, 7) is 5.59. The number of rotatable bonds is 17. The predicted molar refractivity (Wildman–Crippen MR) is 428 cm³/mol. The number of phenolic OH excluding ortho intramolecular Hbond substituents is 4. The highest BCUT2D eigenvalue weighted by atomic mass is 16.5. The van der Waals surface area contributed by atoms with Crippen molar-refractivity contribution in [1.29, 1.82) is 0 Å². The molecule has 2 aromatic heterocycles. The lowest BCUT2D eigenvalue weighted by molar-refractivity contribution is -0.122. The minimum Gasteiger partial charge on any atom is -0.506 e. The molecule has 0 radical (unpaired) electrons. The first-order valence-corrected chi connectivity index (χ1v) is 38.9. The van der Waals surface area contributed by atoms with E-state index in [4.69, 9.17) is 10.5 Å². The van der Waals surface area contributed by atoms with E-state index in [0.717, 1.165) is 24.0 Å². The first kappa shape index (κ1) is 86.9. The number of benzene rings is 5. The number of para-hydroxylation sites is 4. The molecule has 9 rings (SSSR count). The van der Waals surface area contributed by atoms with Gasteiger partial charge in [0.25, 0.3) is 47.3 Å². The zero-order valence-corrected chi connectivity index (χ0v) is 64.3. The molecule has 4 heterocycles. The number of nitrogens with one attached hydrogen (secondary N) is 15. The number of aromatic amines is 1. The first-order valence-electron chi connectivity index (χ1n) is 38.9. The Morgan fingerprint density at radius 2 is 0.800 bits per heavy atom. The largest absolute Gasteiger partial charge is 0.506 e. The quantitative estimate of drug-likeness (QED) is 0.0554. The monoisotopic (exact) mass is 1590 g/mol. The molecule has 36 nitrogen and oxygen atoms in total. The van der Waals surface area contributed by atoms with Crippen LogP contribution in [-0.4, -0.2) is 259 Å². The molecular weight excluding hydrogens is 1480 g/mol. The number of hydrogen-bond donors (Lipinski definition) is 20. The molecule has 0 fully saturated rings. The van der Waals surface area contributed by atoms with Crippen molar-refractivity contribution in [3.05, 3.63) is 159 Å². The Morgan fingerprint density at radius 1 is 0.426 bits per heavy atom. The molecule has 3 atom stereocenters.